The fraction of sp³-hybridized carbons (Fsp3) is 0.533. The molecule has 0 aliphatic heterocycles. The summed E-state index contributed by atoms with van der Waals surface area (Å²) in [6.07, 6.45) is 1.06. The van der Waals surface area contributed by atoms with Gasteiger partial charge in [0.25, 0.3) is 0 Å². The number of methoxy groups -OCH3 is 1. The molecule has 0 saturated heterocycles. The minimum Gasteiger partial charge on any atom is -0.497 e. The van der Waals surface area contributed by atoms with Crippen LogP contribution in [-0.2, 0) is 0 Å². The van der Waals surface area contributed by atoms with Gasteiger partial charge in [0, 0.05) is 11.6 Å². The van der Waals surface area contributed by atoms with Gasteiger partial charge in [-0.3, -0.25) is 9.69 Å². The number of hydrogen-bond donors (Lipinski definition) is 0. The number of benzene rings is 1. The minimum atomic E-state index is 0.149. The van der Waals surface area contributed by atoms with E-state index in [0.717, 1.165) is 24.3 Å². The van der Waals surface area contributed by atoms with Crippen LogP contribution in [0.2, 0.25) is 0 Å². The summed E-state index contributed by atoms with van der Waals surface area (Å²) in [6.45, 7) is 7.79. The monoisotopic (exact) mass is 249 g/mol. The Labute approximate surface area is 110 Å². The molecule has 1 rings (SSSR count). The second kappa shape index (κ2) is 7.17. The Morgan fingerprint density at radius 2 is 2.11 bits per heavy atom. The predicted molar refractivity (Wildman–Crippen MR) is 74.3 cm³/mol. The topological polar surface area (TPSA) is 29.5 Å². The van der Waals surface area contributed by atoms with Crippen molar-refractivity contribution in [1.29, 1.82) is 0 Å². The zero-order chi connectivity index (χ0) is 13.5. The third kappa shape index (κ3) is 4.15. The fourth-order valence-electron chi connectivity index (χ4n) is 1.88. The third-order valence-electron chi connectivity index (χ3n) is 2.98. The zero-order valence-corrected chi connectivity index (χ0v) is 11.8. The largest absolute Gasteiger partial charge is 0.497 e. The number of rotatable bonds is 7. The number of hydrogen-bond acceptors (Lipinski definition) is 3. The Balaban J connectivity index is 2.73. The van der Waals surface area contributed by atoms with Gasteiger partial charge >= 0.3 is 0 Å². The van der Waals surface area contributed by atoms with Crippen molar-refractivity contribution in [3.63, 3.8) is 0 Å². The van der Waals surface area contributed by atoms with Crippen LogP contribution in [0, 0.1) is 0 Å². The van der Waals surface area contributed by atoms with Crippen molar-refractivity contribution in [3.8, 4) is 5.75 Å². The first kappa shape index (κ1) is 14.7. The Morgan fingerprint density at radius 1 is 1.39 bits per heavy atom. The second-order valence-corrected chi connectivity index (χ2v) is 4.72. The molecule has 0 amide bonds. The first-order chi connectivity index (χ1) is 8.58. The van der Waals surface area contributed by atoms with Crippen molar-refractivity contribution >= 4 is 5.78 Å². The molecular formula is C15H23NO2. The van der Waals surface area contributed by atoms with Crippen LogP contribution in [0.3, 0.4) is 0 Å². The van der Waals surface area contributed by atoms with Crippen molar-refractivity contribution < 1.29 is 9.53 Å². The lowest BCUT2D eigenvalue weighted by molar-refractivity contribution is 0.0905. The zero-order valence-electron chi connectivity index (χ0n) is 11.8. The lowest BCUT2D eigenvalue weighted by atomic mass is 10.1. The summed E-state index contributed by atoms with van der Waals surface area (Å²) >= 11 is 0. The molecule has 0 aliphatic carbocycles. The van der Waals surface area contributed by atoms with Gasteiger partial charge in [-0.1, -0.05) is 19.1 Å². The summed E-state index contributed by atoms with van der Waals surface area (Å²) in [6, 6.07) is 7.73. The average molecular weight is 249 g/mol. The molecule has 100 valence electrons. The molecule has 1 aromatic carbocycles. The van der Waals surface area contributed by atoms with E-state index < -0.39 is 0 Å². The highest BCUT2D eigenvalue weighted by Gasteiger charge is 2.14. The van der Waals surface area contributed by atoms with E-state index in [2.05, 4.69) is 25.7 Å². The summed E-state index contributed by atoms with van der Waals surface area (Å²) < 4.78 is 5.14. The Morgan fingerprint density at radius 3 is 2.67 bits per heavy atom. The standard InChI is InChI=1S/C15H23NO2/c1-5-9-16(12(2)3)11-15(17)13-7-6-8-14(10-13)18-4/h6-8,10,12H,5,9,11H2,1-4H3. The SMILES string of the molecule is CCCN(CC(=O)c1cccc(OC)c1)C(C)C. The number of nitrogens with zero attached hydrogens (tertiary/aromatic N) is 1. The number of ketones is 1. The second-order valence-electron chi connectivity index (χ2n) is 4.72. The molecule has 0 atom stereocenters. The predicted octanol–water partition coefficient (Wildman–Crippen LogP) is 3.00. The molecule has 18 heavy (non-hydrogen) atoms. The van der Waals surface area contributed by atoms with Crippen LogP contribution < -0.4 is 4.74 Å². The molecule has 3 nitrogen and oxygen atoms in total. The van der Waals surface area contributed by atoms with Crippen molar-refractivity contribution in [1.82, 2.24) is 4.90 Å². The van der Waals surface area contributed by atoms with Crippen molar-refractivity contribution in [3.05, 3.63) is 29.8 Å². The molecule has 1 aromatic rings. The summed E-state index contributed by atoms with van der Waals surface area (Å²) in [7, 11) is 1.61. The van der Waals surface area contributed by atoms with Crippen LogP contribution in [0.5, 0.6) is 5.75 Å². The van der Waals surface area contributed by atoms with Gasteiger partial charge < -0.3 is 4.74 Å². The summed E-state index contributed by atoms with van der Waals surface area (Å²) in [5.74, 6) is 0.878. The molecule has 0 unspecified atom stereocenters. The average Bonchev–Trinajstić information content (AvgIpc) is 2.38. The summed E-state index contributed by atoms with van der Waals surface area (Å²) in [5, 5.41) is 0. The third-order valence-corrected chi connectivity index (χ3v) is 2.98. The van der Waals surface area contributed by atoms with E-state index in [1.54, 1.807) is 13.2 Å². The summed E-state index contributed by atoms with van der Waals surface area (Å²) in [4.78, 5) is 14.4. The van der Waals surface area contributed by atoms with Crippen LogP contribution in [0.4, 0.5) is 0 Å². The van der Waals surface area contributed by atoms with Gasteiger partial charge in [0.15, 0.2) is 5.78 Å². The Bertz CT molecular complexity index is 388. The maximum Gasteiger partial charge on any atom is 0.176 e. The molecule has 0 heterocycles. The number of Topliss-reactive ketones (excluding diaryl/α,β-unsaturated/α-hetero) is 1. The van der Waals surface area contributed by atoms with Gasteiger partial charge in [-0.15, -0.1) is 0 Å². The van der Waals surface area contributed by atoms with E-state index in [9.17, 15) is 4.79 Å². The smallest absolute Gasteiger partial charge is 0.176 e. The normalized spacial score (nSPS) is 11.0. The van der Waals surface area contributed by atoms with E-state index in [4.69, 9.17) is 4.74 Å². The lowest BCUT2D eigenvalue weighted by Gasteiger charge is -2.25. The first-order valence-corrected chi connectivity index (χ1v) is 6.49. The highest BCUT2D eigenvalue weighted by atomic mass is 16.5. The van der Waals surface area contributed by atoms with Gasteiger partial charge in [-0.2, -0.15) is 0 Å². The highest BCUT2D eigenvalue weighted by molar-refractivity contribution is 5.97. The molecule has 3 heteroatoms. The van der Waals surface area contributed by atoms with E-state index in [1.807, 2.05) is 18.2 Å². The molecule has 0 N–H and O–H groups in total. The molecule has 0 fully saturated rings. The van der Waals surface area contributed by atoms with Crippen LogP contribution in [0.1, 0.15) is 37.6 Å². The molecule has 0 radical (unpaired) electrons. The van der Waals surface area contributed by atoms with Gasteiger partial charge in [0.1, 0.15) is 5.75 Å². The maximum atomic E-state index is 12.2. The Kier molecular flexibility index (Phi) is 5.86. The van der Waals surface area contributed by atoms with Gasteiger partial charge in [-0.05, 0) is 38.9 Å². The van der Waals surface area contributed by atoms with Crippen molar-refractivity contribution in [2.24, 2.45) is 0 Å². The van der Waals surface area contributed by atoms with Crippen molar-refractivity contribution in [2.75, 3.05) is 20.2 Å². The van der Waals surface area contributed by atoms with Gasteiger partial charge in [-0.25, -0.2) is 0 Å². The molecule has 0 spiro atoms. The summed E-state index contributed by atoms with van der Waals surface area (Å²) in [5.41, 5.74) is 0.719. The number of carbonyl (C=O) groups is 1. The quantitative estimate of drug-likeness (QED) is 0.696. The molecule has 0 aliphatic rings. The van der Waals surface area contributed by atoms with Gasteiger partial charge in [0.05, 0.1) is 13.7 Å². The van der Waals surface area contributed by atoms with Crippen molar-refractivity contribution in [2.45, 2.75) is 33.2 Å². The van der Waals surface area contributed by atoms with E-state index in [-0.39, 0.29) is 5.78 Å². The fourth-order valence-corrected chi connectivity index (χ4v) is 1.88. The lowest BCUT2D eigenvalue weighted by Crippen LogP contribution is -2.36. The Hall–Kier alpha value is -1.35. The van der Waals surface area contributed by atoms with Crippen LogP contribution in [0.15, 0.2) is 24.3 Å². The molecule has 0 bridgehead atoms. The van der Waals surface area contributed by atoms with Crippen LogP contribution in [-0.4, -0.2) is 36.9 Å². The van der Waals surface area contributed by atoms with Crippen LogP contribution >= 0.6 is 0 Å². The maximum absolute atomic E-state index is 12.2. The number of ether oxygens (including phenoxy) is 1. The van der Waals surface area contributed by atoms with Gasteiger partial charge in [0.2, 0.25) is 0 Å². The van der Waals surface area contributed by atoms with E-state index in [0.29, 0.717) is 12.6 Å². The molecular weight excluding hydrogens is 226 g/mol. The first-order valence-electron chi connectivity index (χ1n) is 6.49. The van der Waals surface area contributed by atoms with E-state index in [1.165, 1.54) is 0 Å². The van der Waals surface area contributed by atoms with Crippen LogP contribution in [0.25, 0.3) is 0 Å². The number of carbonyl (C=O) groups excluding carboxylic acids is 1. The molecule has 0 aromatic heterocycles. The van der Waals surface area contributed by atoms with E-state index >= 15 is 0 Å². The highest BCUT2D eigenvalue weighted by Crippen LogP contribution is 2.14. The minimum absolute atomic E-state index is 0.149. The molecule has 0 saturated carbocycles.